The van der Waals surface area contributed by atoms with Crippen LogP contribution >= 0.6 is 0 Å². The lowest BCUT2D eigenvalue weighted by Gasteiger charge is -2.10. The SMILES string of the molecule is CC(CN)Nc1ncc(-c2ccccn2)cn1. The fraction of sp³-hybridized carbons (Fsp3) is 0.250. The van der Waals surface area contributed by atoms with Crippen molar-refractivity contribution in [2.75, 3.05) is 11.9 Å². The molecule has 3 N–H and O–H groups in total. The molecule has 0 aliphatic carbocycles. The van der Waals surface area contributed by atoms with Crippen LogP contribution in [0.1, 0.15) is 6.92 Å². The fourth-order valence-corrected chi connectivity index (χ4v) is 1.35. The van der Waals surface area contributed by atoms with Gasteiger partial charge in [-0.05, 0) is 19.1 Å². The van der Waals surface area contributed by atoms with E-state index >= 15 is 0 Å². The van der Waals surface area contributed by atoms with Crippen LogP contribution < -0.4 is 11.1 Å². The van der Waals surface area contributed by atoms with E-state index in [0.29, 0.717) is 12.5 Å². The Labute approximate surface area is 100 Å². The summed E-state index contributed by atoms with van der Waals surface area (Å²) in [5.74, 6) is 0.586. The highest BCUT2D eigenvalue weighted by Gasteiger charge is 2.03. The lowest BCUT2D eigenvalue weighted by molar-refractivity contribution is 0.790. The van der Waals surface area contributed by atoms with Crippen molar-refractivity contribution in [3.05, 3.63) is 36.8 Å². The number of rotatable bonds is 4. The van der Waals surface area contributed by atoms with Crippen molar-refractivity contribution in [2.45, 2.75) is 13.0 Å². The molecule has 2 heterocycles. The molecule has 0 bridgehead atoms. The van der Waals surface area contributed by atoms with Gasteiger partial charge < -0.3 is 11.1 Å². The van der Waals surface area contributed by atoms with E-state index in [0.717, 1.165) is 11.3 Å². The molecule has 0 aliphatic rings. The number of anilines is 1. The quantitative estimate of drug-likeness (QED) is 0.826. The van der Waals surface area contributed by atoms with E-state index in [1.54, 1.807) is 18.6 Å². The number of aromatic nitrogens is 3. The largest absolute Gasteiger partial charge is 0.351 e. The molecule has 5 nitrogen and oxygen atoms in total. The molecule has 2 aromatic rings. The van der Waals surface area contributed by atoms with Crippen molar-refractivity contribution in [3.63, 3.8) is 0 Å². The van der Waals surface area contributed by atoms with Crippen LogP contribution in [0.15, 0.2) is 36.8 Å². The monoisotopic (exact) mass is 229 g/mol. The highest BCUT2D eigenvalue weighted by Crippen LogP contribution is 2.14. The summed E-state index contributed by atoms with van der Waals surface area (Å²) in [6.07, 6.45) is 5.25. The summed E-state index contributed by atoms with van der Waals surface area (Å²) >= 11 is 0. The van der Waals surface area contributed by atoms with Gasteiger partial charge in [0.15, 0.2) is 0 Å². The molecule has 0 amide bonds. The Hall–Kier alpha value is -2.01. The number of nitrogens with zero attached hydrogens (tertiary/aromatic N) is 3. The Morgan fingerprint density at radius 1 is 1.24 bits per heavy atom. The molecule has 0 spiro atoms. The molecule has 17 heavy (non-hydrogen) atoms. The van der Waals surface area contributed by atoms with E-state index in [1.165, 1.54) is 0 Å². The highest BCUT2D eigenvalue weighted by molar-refractivity contribution is 5.56. The van der Waals surface area contributed by atoms with Gasteiger partial charge in [-0.25, -0.2) is 9.97 Å². The number of nitrogens with two attached hydrogens (primary N) is 1. The van der Waals surface area contributed by atoms with Gasteiger partial charge in [0, 0.05) is 36.7 Å². The molecule has 0 aromatic carbocycles. The molecular weight excluding hydrogens is 214 g/mol. The van der Waals surface area contributed by atoms with Crippen LogP contribution in [0.25, 0.3) is 11.3 Å². The van der Waals surface area contributed by atoms with Crippen LogP contribution in [0.2, 0.25) is 0 Å². The molecule has 88 valence electrons. The van der Waals surface area contributed by atoms with Crippen LogP contribution in [0, 0.1) is 0 Å². The summed E-state index contributed by atoms with van der Waals surface area (Å²) in [5, 5.41) is 3.10. The zero-order valence-electron chi connectivity index (χ0n) is 9.67. The van der Waals surface area contributed by atoms with Gasteiger partial charge in [0.2, 0.25) is 5.95 Å². The number of hydrogen-bond acceptors (Lipinski definition) is 5. The molecule has 0 saturated heterocycles. The number of pyridine rings is 1. The van der Waals surface area contributed by atoms with Gasteiger partial charge in [0.05, 0.1) is 5.69 Å². The molecular formula is C12H15N5. The fourth-order valence-electron chi connectivity index (χ4n) is 1.35. The third kappa shape index (κ3) is 2.98. The lowest BCUT2D eigenvalue weighted by Crippen LogP contribution is -2.26. The first kappa shape index (κ1) is 11.5. The normalized spacial score (nSPS) is 12.1. The molecule has 2 rings (SSSR count). The Kier molecular flexibility index (Phi) is 3.62. The first-order valence-electron chi connectivity index (χ1n) is 5.49. The van der Waals surface area contributed by atoms with Crippen LogP contribution in [0.3, 0.4) is 0 Å². The minimum atomic E-state index is 0.163. The third-order valence-corrected chi connectivity index (χ3v) is 2.34. The molecule has 1 unspecified atom stereocenters. The topological polar surface area (TPSA) is 76.7 Å². The van der Waals surface area contributed by atoms with Gasteiger partial charge in [0.25, 0.3) is 0 Å². The van der Waals surface area contributed by atoms with Gasteiger partial charge >= 0.3 is 0 Å². The average Bonchev–Trinajstić information content (AvgIpc) is 2.40. The van der Waals surface area contributed by atoms with E-state index in [4.69, 9.17) is 5.73 Å². The minimum Gasteiger partial charge on any atom is -0.351 e. The maximum absolute atomic E-state index is 5.51. The Balaban J connectivity index is 2.13. The Morgan fingerprint density at radius 2 is 2.00 bits per heavy atom. The molecule has 0 saturated carbocycles. The van der Waals surface area contributed by atoms with E-state index < -0.39 is 0 Å². The van der Waals surface area contributed by atoms with Crippen LogP contribution in [0.5, 0.6) is 0 Å². The van der Waals surface area contributed by atoms with Crippen molar-refractivity contribution in [1.82, 2.24) is 15.0 Å². The standard InChI is InChI=1S/C12H15N5/c1-9(6-13)17-12-15-7-10(8-16-12)11-4-2-3-5-14-11/h2-5,7-9H,6,13H2,1H3,(H,15,16,17). The van der Waals surface area contributed by atoms with Gasteiger partial charge in [-0.2, -0.15) is 0 Å². The molecule has 2 aromatic heterocycles. The van der Waals surface area contributed by atoms with Crippen molar-refractivity contribution in [1.29, 1.82) is 0 Å². The predicted molar refractivity (Wildman–Crippen MR) is 67.4 cm³/mol. The van der Waals surface area contributed by atoms with Gasteiger partial charge in [-0.3, -0.25) is 4.98 Å². The van der Waals surface area contributed by atoms with Crippen molar-refractivity contribution < 1.29 is 0 Å². The summed E-state index contributed by atoms with van der Waals surface area (Å²) in [6, 6.07) is 5.90. The van der Waals surface area contributed by atoms with E-state index in [2.05, 4.69) is 20.3 Å². The van der Waals surface area contributed by atoms with Crippen molar-refractivity contribution in [2.24, 2.45) is 5.73 Å². The highest BCUT2D eigenvalue weighted by atomic mass is 15.1. The molecule has 0 aliphatic heterocycles. The Morgan fingerprint density at radius 3 is 2.59 bits per heavy atom. The second-order valence-electron chi connectivity index (χ2n) is 3.79. The Bertz CT molecular complexity index is 454. The molecule has 5 heteroatoms. The zero-order chi connectivity index (χ0) is 12.1. The average molecular weight is 229 g/mol. The number of nitrogens with one attached hydrogen (secondary N) is 1. The van der Waals surface area contributed by atoms with Crippen molar-refractivity contribution in [3.8, 4) is 11.3 Å². The summed E-state index contributed by atoms with van der Waals surface area (Å²) in [5.41, 5.74) is 7.28. The minimum absolute atomic E-state index is 0.163. The zero-order valence-corrected chi connectivity index (χ0v) is 9.67. The lowest BCUT2D eigenvalue weighted by atomic mass is 10.2. The second-order valence-corrected chi connectivity index (χ2v) is 3.79. The summed E-state index contributed by atoms with van der Waals surface area (Å²) in [6.45, 7) is 2.53. The van der Waals surface area contributed by atoms with Crippen LogP contribution in [0.4, 0.5) is 5.95 Å². The molecule has 0 radical (unpaired) electrons. The van der Waals surface area contributed by atoms with Crippen molar-refractivity contribution >= 4 is 5.95 Å². The number of hydrogen-bond donors (Lipinski definition) is 2. The summed E-state index contributed by atoms with van der Waals surface area (Å²) in [7, 11) is 0. The first-order chi connectivity index (χ1) is 8.29. The third-order valence-electron chi connectivity index (χ3n) is 2.34. The van der Waals surface area contributed by atoms with Crippen LogP contribution in [-0.2, 0) is 0 Å². The predicted octanol–water partition coefficient (Wildman–Crippen LogP) is 1.30. The maximum Gasteiger partial charge on any atom is 0.222 e. The summed E-state index contributed by atoms with van der Waals surface area (Å²) in [4.78, 5) is 12.7. The molecule has 0 fully saturated rings. The van der Waals surface area contributed by atoms with Gasteiger partial charge in [0.1, 0.15) is 0 Å². The smallest absolute Gasteiger partial charge is 0.222 e. The maximum atomic E-state index is 5.51. The molecule has 1 atom stereocenters. The second kappa shape index (κ2) is 5.36. The van der Waals surface area contributed by atoms with Crippen LogP contribution in [-0.4, -0.2) is 27.5 Å². The first-order valence-corrected chi connectivity index (χ1v) is 5.49. The van der Waals surface area contributed by atoms with Gasteiger partial charge in [-0.1, -0.05) is 6.07 Å². The van der Waals surface area contributed by atoms with E-state index in [-0.39, 0.29) is 6.04 Å². The van der Waals surface area contributed by atoms with Gasteiger partial charge in [-0.15, -0.1) is 0 Å². The van der Waals surface area contributed by atoms with E-state index in [9.17, 15) is 0 Å². The summed E-state index contributed by atoms with van der Waals surface area (Å²) < 4.78 is 0. The van der Waals surface area contributed by atoms with E-state index in [1.807, 2.05) is 25.1 Å².